The Morgan fingerprint density at radius 3 is 1.28 bits per heavy atom. The molecule has 7 nitrogen and oxygen atoms in total. The molecule has 0 saturated heterocycles. The number of anilines is 5. The second-order valence-electron chi connectivity index (χ2n) is 11.6. The van der Waals surface area contributed by atoms with Crippen LogP contribution in [0.5, 0.6) is 0 Å². The number of nitrogens with one attached hydrogen (secondary N) is 1. The number of hydrogen-bond acceptors (Lipinski definition) is 5. The van der Waals surface area contributed by atoms with Gasteiger partial charge >= 0.3 is 12.1 Å². The van der Waals surface area contributed by atoms with Gasteiger partial charge in [0.2, 0.25) is 0 Å². The number of amides is 3. The predicted molar refractivity (Wildman–Crippen MR) is 209 cm³/mol. The molecule has 0 radical (unpaired) electrons. The fourth-order valence-corrected chi connectivity index (χ4v) is 7.68. The molecule has 0 saturated carbocycles. The highest BCUT2D eigenvalue weighted by molar-refractivity contribution is 8.00. The quantitative estimate of drug-likeness (QED) is 0.176. The summed E-state index contributed by atoms with van der Waals surface area (Å²) in [5.41, 5.74) is 4.60. The van der Waals surface area contributed by atoms with Gasteiger partial charge < -0.3 is 15.3 Å². The molecule has 9 heteroatoms. The molecular formula is C41H44N4O3S2. The number of fused-ring (bicyclic) bond motifs is 4. The van der Waals surface area contributed by atoms with Gasteiger partial charge in [0.1, 0.15) is 0 Å². The van der Waals surface area contributed by atoms with Crippen LogP contribution in [0.3, 0.4) is 0 Å². The number of carboxylic acid groups (broad SMARTS) is 1. The summed E-state index contributed by atoms with van der Waals surface area (Å²) in [5, 5.41) is 12.4. The van der Waals surface area contributed by atoms with Crippen LogP contribution >= 0.6 is 23.5 Å². The van der Waals surface area contributed by atoms with E-state index in [1.165, 1.54) is 4.90 Å². The molecule has 0 atom stereocenters. The van der Waals surface area contributed by atoms with Crippen LogP contribution in [0.15, 0.2) is 147 Å². The number of urea groups is 1. The van der Waals surface area contributed by atoms with Crippen LogP contribution in [0.4, 0.5) is 38.0 Å². The molecule has 0 bridgehead atoms. The van der Waals surface area contributed by atoms with E-state index in [9.17, 15) is 14.7 Å². The van der Waals surface area contributed by atoms with Gasteiger partial charge in [-0.2, -0.15) is 0 Å². The first-order chi connectivity index (χ1) is 24.5. The van der Waals surface area contributed by atoms with Crippen molar-refractivity contribution >= 4 is 64.1 Å². The Balaban J connectivity index is 0.000000166. The van der Waals surface area contributed by atoms with E-state index in [0.29, 0.717) is 0 Å². The van der Waals surface area contributed by atoms with Gasteiger partial charge in [0.05, 0.1) is 22.7 Å². The van der Waals surface area contributed by atoms with E-state index in [1.54, 1.807) is 23.5 Å². The summed E-state index contributed by atoms with van der Waals surface area (Å²) in [4.78, 5) is 34.4. The van der Waals surface area contributed by atoms with Crippen molar-refractivity contribution in [3.05, 3.63) is 127 Å². The summed E-state index contributed by atoms with van der Waals surface area (Å²) < 4.78 is 0. The SMILES string of the molecule is CCCCN(CCCC)C(=O)N1c2ccccc2Sc2ccccc21.CNc1ccccc1.O=C(O)N1c2ccccc2Sc2ccccc21. The fourth-order valence-electron chi connectivity index (χ4n) is 5.57. The van der Waals surface area contributed by atoms with E-state index in [0.717, 1.165) is 86.8 Å². The van der Waals surface area contributed by atoms with E-state index in [4.69, 9.17) is 0 Å². The Morgan fingerprint density at radius 1 is 0.580 bits per heavy atom. The summed E-state index contributed by atoms with van der Waals surface area (Å²) in [6.45, 7) is 5.99. The summed E-state index contributed by atoms with van der Waals surface area (Å²) in [7, 11) is 1.91. The van der Waals surface area contributed by atoms with Crippen LogP contribution in [0.25, 0.3) is 0 Å². The van der Waals surface area contributed by atoms with E-state index in [1.807, 2.05) is 132 Å². The molecule has 0 unspecified atom stereocenters. The van der Waals surface area contributed by atoms with Gasteiger partial charge in [-0.3, -0.25) is 4.90 Å². The Bertz CT molecular complexity index is 1770. The summed E-state index contributed by atoms with van der Waals surface area (Å²) in [6.07, 6.45) is 3.32. The average molecular weight is 705 g/mol. The van der Waals surface area contributed by atoms with Crippen LogP contribution in [0.2, 0.25) is 0 Å². The van der Waals surface area contributed by atoms with Crippen molar-refractivity contribution in [1.82, 2.24) is 4.90 Å². The molecule has 258 valence electrons. The second kappa shape index (κ2) is 18.2. The monoisotopic (exact) mass is 704 g/mol. The number of rotatable bonds is 7. The van der Waals surface area contributed by atoms with E-state index >= 15 is 0 Å². The molecule has 2 aliphatic rings. The fraction of sp³-hybridized carbons (Fsp3) is 0.220. The summed E-state index contributed by atoms with van der Waals surface area (Å²) in [6, 6.07) is 41.6. The third kappa shape index (κ3) is 8.83. The molecule has 0 fully saturated rings. The van der Waals surface area contributed by atoms with Crippen molar-refractivity contribution in [2.24, 2.45) is 0 Å². The lowest BCUT2D eigenvalue weighted by Crippen LogP contribution is -2.42. The van der Waals surface area contributed by atoms with Gasteiger partial charge in [0.15, 0.2) is 0 Å². The first kappa shape index (κ1) is 36.4. The van der Waals surface area contributed by atoms with E-state index < -0.39 is 6.09 Å². The predicted octanol–water partition coefficient (Wildman–Crippen LogP) is 12.0. The number of nitrogens with zero attached hydrogens (tertiary/aromatic N) is 3. The van der Waals surface area contributed by atoms with Gasteiger partial charge in [-0.1, -0.05) is 117 Å². The number of para-hydroxylation sites is 5. The molecule has 5 aromatic carbocycles. The summed E-state index contributed by atoms with van der Waals surface area (Å²) >= 11 is 3.34. The molecule has 2 heterocycles. The van der Waals surface area contributed by atoms with E-state index in [2.05, 4.69) is 31.3 Å². The van der Waals surface area contributed by atoms with Crippen LogP contribution in [-0.2, 0) is 0 Å². The van der Waals surface area contributed by atoms with Crippen LogP contribution in [0, 0.1) is 0 Å². The molecule has 5 aromatic rings. The first-order valence-electron chi connectivity index (χ1n) is 17.0. The molecule has 3 amide bonds. The highest BCUT2D eigenvalue weighted by Gasteiger charge is 2.31. The third-order valence-electron chi connectivity index (χ3n) is 8.14. The lowest BCUT2D eigenvalue weighted by Gasteiger charge is -2.35. The van der Waals surface area contributed by atoms with Crippen molar-refractivity contribution in [2.75, 3.05) is 35.3 Å². The lowest BCUT2D eigenvalue weighted by molar-refractivity contribution is 0.204. The number of carbonyl (C=O) groups excluding carboxylic acids is 1. The van der Waals surface area contributed by atoms with Crippen molar-refractivity contribution in [3.63, 3.8) is 0 Å². The number of benzene rings is 5. The van der Waals surface area contributed by atoms with Crippen molar-refractivity contribution in [1.29, 1.82) is 0 Å². The van der Waals surface area contributed by atoms with Crippen LogP contribution in [0.1, 0.15) is 39.5 Å². The Kier molecular flexibility index (Phi) is 13.3. The third-order valence-corrected chi connectivity index (χ3v) is 10.4. The average Bonchev–Trinajstić information content (AvgIpc) is 3.16. The normalized spacial score (nSPS) is 12.0. The highest BCUT2D eigenvalue weighted by Crippen LogP contribution is 2.49. The minimum atomic E-state index is -0.954. The molecular weight excluding hydrogens is 661 g/mol. The number of unbranched alkanes of at least 4 members (excludes halogenated alkanes) is 2. The largest absolute Gasteiger partial charge is 0.464 e. The van der Waals surface area contributed by atoms with E-state index in [-0.39, 0.29) is 6.03 Å². The zero-order valence-electron chi connectivity index (χ0n) is 28.8. The Hall–Kier alpha value is -4.86. The molecule has 0 spiro atoms. The smallest absolute Gasteiger partial charge is 0.416 e. The molecule has 50 heavy (non-hydrogen) atoms. The highest BCUT2D eigenvalue weighted by atomic mass is 32.2. The van der Waals surface area contributed by atoms with Crippen LogP contribution in [-0.4, -0.2) is 42.3 Å². The lowest BCUT2D eigenvalue weighted by atomic mass is 10.2. The van der Waals surface area contributed by atoms with Gasteiger partial charge in [0, 0.05) is 45.4 Å². The zero-order valence-corrected chi connectivity index (χ0v) is 30.4. The molecule has 7 rings (SSSR count). The van der Waals surface area contributed by atoms with Crippen molar-refractivity contribution < 1.29 is 14.7 Å². The standard InChI is InChI=1S/C21H26N2OS.C13H9NO2S.C7H9N/c1-3-5-15-22(16-6-4-2)21(24)23-17-11-7-9-13-19(17)25-20-14-10-8-12-18(20)23;15-13(16)14-9-5-1-3-7-11(9)17-12-8-4-2-6-10(12)14;1-8-7-5-3-2-4-6-7/h7-14H,3-6,15-16H2,1-2H3;1-8H,(H,15,16);2-6,8H,1H3. The molecule has 0 aromatic heterocycles. The Labute approximate surface area is 304 Å². The maximum Gasteiger partial charge on any atom is 0.416 e. The van der Waals surface area contributed by atoms with Gasteiger partial charge in [0.25, 0.3) is 0 Å². The molecule has 0 aliphatic carbocycles. The maximum absolute atomic E-state index is 13.5. The van der Waals surface area contributed by atoms with Crippen molar-refractivity contribution in [3.8, 4) is 0 Å². The zero-order chi connectivity index (χ0) is 35.3. The number of hydrogen-bond donors (Lipinski definition) is 2. The minimum Gasteiger partial charge on any atom is -0.464 e. The maximum atomic E-state index is 13.5. The Morgan fingerprint density at radius 2 is 0.940 bits per heavy atom. The minimum absolute atomic E-state index is 0.0992. The van der Waals surface area contributed by atoms with Gasteiger partial charge in [-0.25, -0.2) is 14.5 Å². The van der Waals surface area contributed by atoms with Crippen LogP contribution < -0.4 is 15.1 Å². The molecule has 2 aliphatic heterocycles. The van der Waals surface area contributed by atoms with Crippen molar-refractivity contribution in [2.45, 2.75) is 59.1 Å². The first-order valence-corrected chi connectivity index (χ1v) is 18.7. The van der Waals surface area contributed by atoms with Gasteiger partial charge in [-0.05, 0) is 73.5 Å². The van der Waals surface area contributed by atoms with Gasteiger partial charge in [-0.15, -0.1) is 0 Å². The summed E-state index contributed by atoms with van der Waals surface area (Å²) in [5.74, 6) is 0. The second-order valence-corrected chi connectivity index (χ2v) is 13.8. The topological polar surface area (TPSA) is 76.1 Å². The molecule has 2 N–H and O–H groups in total. The number of carbonyl (C=O) groups is 2.